The number of nitrogens with one attached hydrogen (secondary N) is 1. The van der Waals surface area contributed by atoms with Gasteiger partial charge in [0.1, 0.15) is 35.6 Å². The molecule has 7 atom stereocenters. The van der Waals surface area contributed by atoms with Crippen LogP contribution in [0.1, 0.15) is 75.8 Å². The second kappa shape index (κ2) is 12.7. The molecule has 3 aliphatic rings. The number of aromatic hydroxyl groups is 2. The molecule has 5 rings (SSSR count). The lowest BCUT2D eigenvalue weighted by Gasteiger charge is -2.42. The smallest absolute Gasteiger partial charge is 0.407 e. The van der Waals surface area contributed by atoms with Crippen molar-refractivity contribution in [3.05, 3.63) is 51.6 Å². The van der Waals surface area contributed by atoms with Crippen LogP contribution in [0.4, 0.5) is 4.79 Å². The van der Waals surface area contributed by atoms with Gasteiger partial charge in [0, 0.05) is 36.0 Å². The van der Waals surface area contributed by atoms with Crippen molar-refractivity contribution in [2.75, 3.05) is 19.5 Å². The highest BCUT2D eigenvalue weighted by Crippen LogP contribution is 2.52. The minimum atomic E-state index is -2.18. The lowest BCUT2D eigenvalue weighted by molar-refractivity contribution is -0.249. The van der Waals surface area contributed by atoms with Crippen molar-refractivity contribution < 1.29 is 67.3 Å². The van der Waals surface area contributed by atoms with Gasteiger partial charge in [-0.25, -0.2) is 9.00 Å². The van der Waals surface area contributed by atoms with E-state index in [1.807, 2.05) is 0 Å². The Labute approximate surface area is 264 Å². The molecular formula is C30H33NO14S. The van der Waals surface area contributed by atoms with Gasteiger partial charge in [-0.3, -0.25) is 14.4 Å². The van der Waals surface area contributed by atoms with Gasteiger partial charge in [0.25, 0.3) is 0 Å². The number of aliphatic hydroxyl groups is 2. The molecule has 0 saturated carbocycles. The molecule has 1 fully saturated rings. The van der Waals surface area contributed by atoms with Crippen LogP contribution in [0.25, 0.3) is 0 Å². The van der Waals surface area contributed by atoms with Gasteiger partial charge in [-0.15, -0.1) is 0 Å². The van der Waals surface area contributed by atoms with Gasteiger partial charge in [-0.2, -0.15) is 0 Å². The van der Waals surface area contributed by atoms with Crippen molar-refractivity contribution in [2.45, 2.75) is 69.4 Å². The summed E-state index contributed by atoms with van der Waals surface area (Å²) in [5.41, 5.74) is -3.62. The van der Waals surface area contributed by atoms with Gasteiger partial charge in [0.2, 0.25) is 5.78 Å². The zero-order valence-electron chi connectivity index (χ0n) is 25.0. The zero-order valence-corrected chi connectivity index (χ0v) is 25.8. The third kappa shape index (κ3) is 5.87. The molecule has 1 heterocycles. The minimum Gasteiger partial charge on any atom is -0.507 e. The highest BCUT2D eigenvalue weighted by molar-refractivity contribution is 7.79. The van der Waals surface area contributed by atoms with Gasteiger partial charge in [-0.05, 0) is 19.9 Å². The number of alkyl carbamates (subject to hydrolysis) is 1. The lowest BCUT2D eigenvalue weighted by Crippen LogP contribution is -2.55. The zero-order chi connectivity index (χ0) is 33.7. The number of hydrogen-bond acceptors (Lipinski definition) is 13. The fourth-order valence-electron chi connectivity index (χ4n) is 6.17. The van der Waals surface area contributed by atoms with Gasteiger partial charge < -0.3 is 49.2 Å². The normalized spacial score (nSPS) is 27.6. The summed E-state index contributed by atoms with van der Waals surface area (Å²) in [5, 5.41) is 47.5. The number of phenolic OH excluding ortho intramolecular Hbond substituents is 2. The number of fused-ring (bicyclic) bond motifs is 3. The standard InChI is InChI=1S/C30H33NO14S/c1-12-24(33)16(31-29(38)43-7-8-46(40)41)9-19(44-12)45-18-11-30(39,13(2)32)10-15-21(18)28(37)23-22(26(15)35)25(34)14-5-4-6-17(42-3)20(14)27(23)36/h4-6,12,16,18-19,24,33,35,37,39H,7-11H2,1-3H3,(H,31,38)(H,40,41). The highest BCUT2D eigenvalue weighted by atomic mass is 32.2. The molecule has 248 valence electrons. The maximum absolute atomic E-state index is 13.8. The Kier molecular flexibility index (Phi) is 9.23. The molecule has 0 radical (unpaired) electrons. The average molecular weight is 664 g/mol. The Morgan fingerprint density at radius 1 is 1.13 bits per heavy atom. The van der Waals surface area contributed by atoms with Crippen LogP contribution in [0.15, 0.2) is 18.2 Å². The SMILES string of the molecule is COc1cccc2c1C(=O)c1c(O)c3c(c(O)c1C2=O)CC(O)(C(C)=O)CC3OC1CC(NC(=O)OCCS(=O)O)C(O)C(C)O1. The fraction of sp³-hybridized carbons (Fsp3) is 0.467. The van der Waals surface area contributed by atoms with Crippen molar-refractivity contribution in [3.63, 3.8) is 0 Å². The van der Waals surface area contributed by atoms with E-state index >= 15 is 0 Å². The number of carbonyl (C=O) groups is 4. The summed E-state index contributed by atoms with van der Waals surface area (Å²) in [5.74, 6) is -3.93. The molecule has 0 bridgehead atoms. The molecule has 0 spiro atoms. The maximum Gasteiger partial charge on any atom is 0.407 e. The first-order valence-corrected chi connectivity index (χ1v) is 15.6. The first kappa shape index (κ1) is 33.4. The predicted molar refractivity (Wildman–Crippen MR) is 156 cm³/mol. The first-order valence-electron chi connectivity index (χ1n) is 14.3. The van der Waals surface area contributed by atoms with Crippen LogP contribution < -0.4 is 10.1 Å². The number of Topliss-reactive ketones (excluding diaryl/α,β-unsaturated/α-hetero) is 1. The molecule has 1 amide bonds. The topological polar surface area (TPSA) is 235 Å². The fourth-order valence-corrected chi connectivity index (χ4v) is 6.39. The molecule has 6 N–H and O–H groups in total. The number of hydrogen-bond donors (Lipinski definition) is 6. The first-order chi connectivity index (χ1) is 21.7. The molecule has 1 saturated heterocycles. The molecule has 0 aromatic heterocycles. The van der Waals surface area contributed by atoms with Gasteiger partial charge >= 0.3 is 6.09 Å². The molecule has 2 aromatic rings. The summed E-state index contributed by atoms with van der Waals surface area (Å²) in [6.07, 6.45) is -6.94. The number of aliphatic hydroxyl groups excluding tert-OH is 1. The molecule has 2 aliphatic carbocycles. The Morgan fingerprint density at radius 3 is 2.48 bits per heavy atom. The summed E-state index contributed by atoms with van der Waals surface area (Å²) >= 11 is -2.18. The monoisotopic (exact) mass is 663 g/mol. The number of ether oxygens (including phenoxy) is 4. The number of amides is 1. The molecule has 15 nitrogen and oxygen atoms in total. The Morgan fingerprint density at radius 2 is 1.83 bits per heavy atom. The molecule has 1 aliphatic heterocycles. The third-order valence-corrected chi connectivity index (χ3v) is 9.06. The Hall–Kier alpha value is -3.93. The molecule has 46 heavy (non-hydrogen) atoms. The second-order valence-electron chi connectivity index (χ2n) is 11.4. The number of rotatable bonds is 8. The quantitative estimate of drug-likeness (QED) is 0.146. The van der Waals surface area contributed by atoms with Crippen molar-refractivity contribution in [2.24, 2.45) is 0 Å². The number of phenols is 2. The van der Waals surface area contributed by atoms with E-state index in [1.165, 1.54) is 32.2 Å². The number of carbonyl (C=O) groups excluding carboxylic acids is 4. The lowest BCUT2D eigenvalue weighted by atomic mass is 9.72. The summed E-state index contributed by atoms with van der Waals surface area (Å²) in [6.45, 7) is 2.25. The van der Waals surface area contributed by atoms with Crippen LogP contribution in [0.5, 0.6) is 17.2 Å². The van der Waals surface area contributed by atoms with Crippen LogP contribution in [-0.2, 0) is 36.5 Å². The van der Waals surface area contributed by atoms with E-state index in [4.69, 9.17) is 23.5 Å². The largest absolute Gasteiger partial charge is 0.507 e. The van der Waals surface area contributed by atoms with Gasteiger partial charge in [0.05, 0.1) is 47.8 Å². The van der Waals surface area contributed by atoms with Crippen LogP contribution in [0.2, 0.25) is 0 Å². The van der Waals surface area contributed by atoms with Crippen molar-refractivity contribution in [1.82, 2.24) is 5.32 Å². The van der Waals surface area contributed by atoms with Crippen LogP contribution in [0, 0.1) is 0 Å². The Bertz CT molecular complexity index is 1640. The number of ketones is 3. The third-order valence-electron chi connectivity index (χ3n) is 8.55. The molecule has 7 unspecified atom stereocenters. The summed E-state index contributed by atoms with van der Waals surface area (Å²) in [6, 6.07) is 3.32. The summed E-state index contributed by atoms with van der Waals surface area (Å²) < 4.78 is 41.8. The Balaban J connectivity index is 1.52. The van der Waals surface area contributed by atoms with E-state index in [1.54, 1.807) is 0 Å². The maximum atomic E-state index is 13.8. The van der Waals surface area contributed by atoms with Crippen LogP contribution >= 0.6 is 0 Å². The molecule has 2 aromatic carbocycles. The van der Waals surface area contributed by atoms with Gasteiger partial charge in [0.15, 0.2) is 28.9 Å². The van der Waals surface area contributed by atoms with Crippen molar-refractivity contribution in [1.29, 1.82) is 0 Å². The summed E-state index contributed by atoms with van der Waals surface area (Å²) in [4.78, 5) is 52.3. The number of benzene rings is 2. The van der Waals surface area contributed by atoms with Crippen molar-refractivity contribution >= 4 is 34.5 Å². The van der Waals surface area contributed by atoms with Crippen LogP contribution in [0.3, 0.4) is 0 Å². The predicted octanol–water partition coefficient (Wildman–Crippen LogP) is 1.02. The minimum absolute atomic E-state index is 0.0678. The van der Waals surface area contributed by atoms with Gasteiger partial charge in [-0.1, -0.05) is 12.1 Å². The van der Waals surface area contributed by atoms with E-state index in [2.05, 4.69) is 5.32 Å². The van der Waals surface area contributed by atoms with E-state index in [0.29, 0.717) is 0 Å². The van der Waals surface area contributed by atoms with E-state index < -0.39 is 106 Å². The van der Waals surface area contributed by atoms with E-state index in [0.717, 1.165) is 6.92 Å². The van der Waals surface area contributed by atoms with Crippen LogP contribution in [-0.4, -0.2) is 102 Å². The summed E-state index contributed by atoms with van der Waals surface area (Å²) in [7, 11) is 1.31. The van der Waals surface area contributed by atoms with E-state index in [-0.39, 0.29) is 46.8 Å². The average Bonchev–Trinajstić information content (AvgIpc) is 2.99. The van der Waals surface area contributed by atoms with Crippen molar-refractivity contribution in [3.8, 4) is 17.2 Å². The molecular weight excluding hydrogens is 630 g/mol. The highest BCUT2D eigenvalue weighted by Gasteiger charge is 2.49. The van der Waals surface area contributed by atoms with E-state index in [9.17, 15) is 43.8 Å². The second-order valence-corrected chi connectivity index (χ2v) is 12.4. The molecule has 16 heteroatoms. The number of methoxy groups -OCH3 is 1.